The number of halogens is 1. The fourth-order valence-electron chi connectivity index (χ4n) is 2.94. The highest BCUT2D eigenvalue weighted by atomic mass is 32.2. The molecule has 116 valence electrons. The minimum absolute atomic E-state index is 0.124. The smallest absolute Gasteiger partial charge is 0.244 e. The van der Waals surface area contributed by atoms with Gasteiger partial charge in [0.1, 0.15) is 10.8 Å². The summed E-state index contributed by atoms with van der Waals surface area (Å²) >= 11 is 4.82. The highest BCUT2D eigenvalue weighted by Gasteiger charge is 2.37. The van der Waals surface area contributed by atoms with Crippen LogP contribution in [-0.2, 0) is 10.0 Å². The van der Waals surface area contributed by atoms with Gasteiger partial charge in [0.2, 0.25) is 10.0 Å². The molecule has 1 aromatic rings. The third kappa shape index (κ3) is 2.95. The van der Waals surface area contributed by atoms with E-state index in [0.29, 0.717) is 0 Å². The molecule has 7 heteroatoms. The van der Waals surface area contributed by atoms with Gasteiger partial charge in [-0.25, -0.2) is 12.8 Å². The maximum Gasteiger partial charge on any atom is 0.244 e. The number of hydrogen-bond donors (Lipinski definition) is 1. The van der Waals surface area contributed by atoms with Gasteiger partial charge in [-0.05, 0) is 38.8 Å². The third-order valence-electron chi connectivity index (χ3n) is 3.89. The second kappa shape index (κ2) is 5.98. The summed E-state index contributed by atoms with van der Waals surface area (Å²) in [7, 11) is -3.83. The molecule has 0 radical (unpaired) electrons. The first-order valence-corrected chi connectivity index (χ1v) is 8.73. The summed E-state index contributed by atoms with van der Waals surface area (Å²) in [6.07, 6.45) is 2.57. The van der Waals surface area contributed by atoms with Crippen molar-refractivity contribution in [2.24, 2.45) is 5.73 Å². The van der Waals surface area contributed by atoms with Gasteiger partial charge in [0.05, 0.1) is 10.5 Å². The highest BCUT2D eigenvalue weighted by Crippen LogP contribution is 2.31. The van der Waals surface area contributed by atoms with E-state index < -0.39 is 15.8 Å². The van der Waals surface area contributed by atoms with E-state index in [1.54, 1.807) is 0 Å². The van der Waals surface area contributed by atoms with Crippen molar-refractivity contribution in [1.82, 2.24) is 4.31 Å². The molecule has 1 fully saturated rings. The van der Waals surface area contributed by atoms with E-state index >= 15 is 0 Å². The molecule has 0 saturated carbocycles. The zero-order valence-electron chi connectivity index (χ0n) is 12.0. The van der Waals surface area contributed by atoms with Crippen LogP contribution in [0.2, 0.25) is 0 Å². The van der Waals surface area contributed by atoms with E-state index in [1.165, 1.54) is 16.4 Å². The molecule has 0 spiro atoms. The first-order valence-electron chi connectivity index (χ1n) is 6.88. The second-order valence-electron chi connectivity index (χ2n) is 5.44. The summed E-state index contributed by atoms with van der Waals surface area (Å²) in [5.74, 6) is -0.708. The van der Waals surface area contributed by atoms with Crippen molar-refractivity contribution in [3.8, 4) is 0 Å². The topological polar surface area (TPSA) is 63.4 Å². The number of nitrogens with two attached hydrogens (primary N) is 1. The van der Waals surface area contributed by atoms with Gasteiger partial charge < -0.3 is 5.73 Å². The van der Waals surface area contributed by atoms with E-state index in [9.17, 15) is 12.8 Å². The van der Waals surface area contributed by atoms with Gasteiger partial charge in [0.15, 0.2) is 0 Å². The Labute approximate surface area is 130 Å². The molecule has 0 aliphatic carbocycles. The summed E-state index contributed by atoms with van der Waals surface area (Å²) < 4.78 is 41.3. The van der Waals surface area contributed by atoms with Gasteiger partial charge in [0, 0.05) is 12.1 Å². The Morgan fingerprint density at radius 3 is 2.43 bits per heavy atom. The summed E-state index contributed by atoms with van der Waals surface area (Å²) in [6, 6.07) is 3.64. The van der Waals surface area contributed by atoms with Crippen molar-refractivity contribution >= 4 is 27.2 Å². The van der Waals surface area contributed by atoms with Crippen molar-refractivity contribution in [3.05, 3.63) is 29.6 Å². The van der Waals surface area contributed by atoms with Gasteiger partial charge in [-0.1, -0.05) is 24.7 Å². The molecular formula is C14H19FN2O2S2. The number of sulfonamides is 1. The first-order chi connectivity index (χ1) is 9.76. The predicted molar refractivity (Wildman–Crippen MR) is 84.1 cm³/mol. The molecule has 2 N–H and O–H groups in total. The van der Waals surface area contributed by atoms with Crippen molar-refractivity contribution in [2.45, 2.75) is 50.1 Å². The Balaban J connectivity index is 2.59. The lowest BCUT2D eigenvalue weighted by atomic mass is 10.0. The maximum atomic E-state index is 13.9. The lowest BCUT2D eigenvalue weighted by Gasteiger charge is -2.38. The monoisotopic (exact) mass is 330 g/mol. The van der Waals surface area contributed by atoms with E-state index in [1.807, 2.05) is 13.8 Å². The zero-order valence-corrected chi connectivity index (χ0v) is 13.7. The first kappa shape index (κ1) is 16.3. The Hall–Kier alpha value is -1.05. The summed E-state index contributed by atoms with van der Waals surface area (Å²) in [6.45, 7) is 3.74. The lowest BCUT2D eigenvalue weighted by Crippen LogP contribution is -2.47. The van der Waals surface area contributed by atoms with Crippen molar-refractivity contribution < 1.29 is 12.8 Å². The molecule has 2 rings (SSSR count). The highest BCUT2D eigenvalue weighted by molar-refractivity contribution is 7.89. The van der Waals surface area contributed by atoms with Crippen LogP contribution < -0.4 is 5.73 Å². The molecule has 1 heterocycles. The molecular weight excluding hydrogens is 311 g/mol. The number of nitrogens with zero attached hydrogens (tertiary/aromatic N) is 1. The van der Waals surface area contributed by atoms with Crippen molar-refractivity contribution in [2.75, 3.05) is 0 Å². The summed E-state index contributed by atoms with van der Waals surface area (Å²) in [5, 5.41) is 0. The van der Waals surface area contributed by atoms with E-state index in [-0.39, 0.29) is 27.5 Å². The lowest BCUT2D eigenvalue weighted by molar-refractivity contribution is 0.204. The molecule has 0 bridgehead atoms. The molecule has 1 aliphatic heterocycles. The standard InChI is InChI=1S/C14H19FN2O2S2/c1-9-5-3-6-10(2)17(9)21(18,19)12-8-4-7-11(15)13(12)14(16)20/h4,7-10H,3,5-6H2,1-2H3,(H2,16,20). The Kier molecular flexibility index (Phi) is 4.65. The molecule has 1 saturated heterocycles. The Bertz CT molecular complexity index is 651. The van der Waals surface area contributed by atoms with Crippen LogP contribution in [0, 0.1) is 5.82 Å². The van der Waals surface area contributed by atoms with E-state index in [2.05, 4.69) is 0 Å². The maximum absolute atomic E-state index is 13.9. The average Bonchev–Trinajstić information content (AvgIpc) is 2.37. The number of rotatable bonds is 3. The normalized spacial score (nSPS) is 24.0. The Morgan fingerprint density at radius 2 is 1.90 bits per heavy atom. The van der Waals surface area contributed by atoms with Crippen LogP contribution in [-0.4, -0.2) is 29.8 Å². The molecule has 0 amide bonds. The molecule has 2 unspecified atom stereocenters. The third-order valence-corrected chi connectivity index (χ3v) is 6.26. The van der Waals surface area contributed by atoms with Crippen LogP contribution in [0.1, 0.15) is 38.7 Å². The largest absolute Gasteiger partial charge is 0.389 e. The van der Waals surface area contributed by atoms with Gasteiger partial charge in [-0.2, -0.15) is 4.31 Å². The molecule has 1 aliphatic rings. The summed E-state index contributed by atoms with van der Waals surface area (Å²) in [5.41, 5.74) is 5.32. The van der Waals surface area contributed by atoms with Gasteiger partial charge >= 0.3 is 0 Å². The number of piperidine rings is 1. The van der Waals surface area contributed by atoms with Crippen LogP contribution >= 0.6 is 12.2 Å². The number of thiocarbonyl (C=S) groups is 1. The predicted octanol–water partition coefficient (Wildman–Crippen LogP) is 2.41. The molecule has 0 aromatic heterocycles. The average molecular weight is 330 g/mol. The van der Waals surface area contributed by atoms with Crippen LogP contribution in [0.3, 0.4) is 0 Å². The fraction of sp³-hybridized carbons (Fsp3) is 0.500. The van der Waals surface area contributed by atoms with E-state index in [0.717, 1.165) is 25.3 Å². The number of hydrogen-bond acceptors (Lipinski definition) is 3. The van der Waals surface area contributed by atoms with E-state index in [4.69, 9.17) is 18.0 Å². The molecule has 1 aromatic carbocycles. The van der Waals surface area contributed by atoms with Crippen molar-refractivity contribution in [1.29, 1.82) is 0 Å². The SMILES string of the molecule is CC1CCCC(C)N1S(=O)(=O)c1cccc(F)c1C(N)=S. The van der Waals surface area contributed by atoms with Crippen LogP contribution in [0.5, 0.6) is 0 Å². The van der Waals surface area contributed by atoms with Crippen LogP contribution in [0.4, 0.5) is 4.39 Å². The number of benzene rings is 1. The minimum Gasteiger partial charge on any atom is -0.389 e. The zero-order chi connectivity index (χ0) is 15.8. The molecule has 4 nitrogen and oxygen atoms in total. The summed E-state index contributed by atoms with van der Waals surface area (Å²) in [4.78, 5) is -0.389. The Morgan fingerprint density at radius 1 is 1.33 bits per heavy atom. The van der Waals surface area contributed by atoms with Crippen molar-refractivity contribution in [3.63, 3.8) is 0 Å². The van der Waals surface area contributed by atoms with Crippen LogP contribution in [0.25, 0.3) is 0 Å². The van der Waals surface area contributed by atoms with Gasteiger partial charge in [-0.15, -0.1) is 0 Å². The minimum atomic E-state index is -3.83. The molecule has 2 atom stereocenters. The van der Waals surface area contributed by atoms with Gasteiger partial charge in [-0.3, -0.25) is 0 Å². The quantitative estimate of drug-likeness (QED) is 0.865. The second-order valence-corrected chi connectivity index (χ2v) is 7.69. The fourth-order valence-corrected chi connectivity index (χ4v) is 5.32. The van der Waals surface area contributed by atoms with Crippen LogP contribution in [0.15, 0.2) is 23.1 Å². The molecule has 21 heavy (non-hydrogen) atoms. The van der Waals surface area contributed by atoms with Gasteiger partial charge in [0.25, 0.3) is 0 Å².